The first kappa shape index (κ1) is 13.2. The van der Waals surface area contributed by atoms with Crippen LogP contribution in [0.3, 0.4) is 0 Å². The van der Waals surface area contributed by atoms with E-state index >= 15 is 0 Å². The van der Waals surface area contributed by atoms with E-state index < -0.39 is 0 Å². The van der Waals surface area contributed by atoms with Crippen LogP contribution in [0.15, 0.2) is 28.7 Å². The van der Waals surface area contributed by atoms with Crippen molar-refractivity contribution >= 4 is 23.0 Å². The number of benzene rings is 1. The molecule has 1 saturated heterocycles. The molecule has 1 fully saturated rings. The summed E-state index contributed by atoms with van der Waals surface area (Å²) >= 11 is 0. The smallest absolute Gasteiger partial charge is 0.246 e. The molecule has 0 atom stereocenters. The fourth-order valence-electron chi connectivity index (χ4n) is 2.91. The highest BCUT2D eigenvalue weighted by Gasteiger charge is 2.17. The van der Waals surface area contributed by atoms with Crippen LogP contribution < -0.4 is 9.47 Å². The Balaban J connectivity index is 1.54. The Kier molecular flexibility index (Phi) is 3.25. The SMILES string of the molecule is O=C(C=Cc1cc2cc3c(cc2o1)OCO3)N1CCCCC1. The number of nitrogens with zero attached hydrogens (tertiary/aromatic N) is 1. The topological polar surface area (TPSA) is 51.9 Å². The van der Waals surface area contributed by atoms with Crippen LogP contribution in [0.1, 0.15) is 25.0 Å². The van der Waals surface area contributed by atoms with Crippen LogP contribution in [0.2, 0.25) is 0 Å². The highest BCUT2D eigenvalue weighted by Crippen LogP contribution is 2.37. The molecular formula is C17H17NO4. The highest BCUT2D eigenvalue weighted by atomic mass is 16.7. The highest BCUT2D eigenvalue weighted by molar-refractivity contribution is 5.92. The molecule has 0 saturated carbocycles. The number of fused-ring (bicyclic) bond motifs is 2. The van der Waals surface area contributed by atoms with Gasteiger partial charge in [-0.25, -0.2) is 0 Å². The van der Waals surface area contributed by atoms with E-state index in [0.29, 0.717) is 11.5 Å². The lowest BCUT2D eigenvalue weighted by molar-refractivity contribution is -0.126. The van der Waals surface area contributed by atoms with Gasteiger partial charge in [0.2, 0.25) is 12.7 Å². The molecule has 114 valence electrons. The van der Waals surface area contributed by atoms with Crippen LogP contribution in [0.25, 0.3) is 17.0 Å². The van der Waals surface area contributed by atoms with Crippen molar-refractivity contribution in [3.8, 4) is 11.5 Å². The zero-order chi connectivity index (χ0) is 14.9. The molecule has 0 aliphatic carbocycles. The van der Waals surface area contributed by atoms with Gasteiger partial charge in [-0.3, -0.25) is 4.79 Å². The van der Waals surface area contributed by atoms with E-state index in [1.807, 2.05) is 23.1 Å². The molecule has 2 aromatic rings. The first-order valence-electron chi connectivity index (χ1n) is 7.60. The molecule has 5 heteroatoms. The fraction of sp³-hybridized carbons (Fsp3) is 0.353. The minimum absolute atomic E-state index is 0.0503. The van der Waals surface area contributed by atoms with Gasteiger partial charge in [-0.1, -0.05) is 0 Å². The van der Waals surface area contributed by atoms with Crippen molar-refractivity contribution < 1.29 is 18.7 Å². The summed E-state index contributed by atoms with van der Waals surface area (Å²) in [7, 11) is 0. The summed E-state index contributed by atoms with van der Waals surface area (Å²) in [6, 6.07) is 5.61. The molecule has 1 aromatic carbocycles. The molecule has 0 N–H and O–H groups in total. The van der Waals surface area contributed by atoms with E-state index in [4.69, 9.17) is 13.9 Å². The second kappa shape index (κ2) is 5.40. The van der Waals surface area contributed by atoms with E-state index in [-0.39, 0.29) is 12.7 Å². The number of furan rings is 1. The van der Waals surface area contributed by atoms with Gasteiger partial charge in [0, 0.05) is 30.6 Å². The standard InChI is InChI=1S/C17H17NO4/c19-17(18-6-2-1-3-7-18)5-4-13-8-12-9-15-16(21-11-20-15)10-14(12)22-13/h4-5,8-10H,1-3,6-7,11H2. The molecule has 2 aliphatic heterocycles. The minimum Gasteiger partial charge on any atom is -0.457 e. The summed E-state index contributed by atoms with van der Waals surface area (Å²) in [6.45, 7) is 1.95. The summed E-state index contributed by atoms with van der Waals surface area (Å²) in [5.41, 5.74) is 0.731. The van der Waals surface area contributed by atoms with Crippen LogP contribution in [0.5, 0.6) is 11.5 Å². The van der Waals surface area contributed by atoms with Gasteiger partial charge in [-0.15, -0.1) is 0 Å². The number of hydrogen-bond donors (Lipinski definition) is 0. The van der Waals surface area contributed by atoms with E-state index in [2.05, 4.69) is 0 Å². The van der Waals surface area contributed by atoms with Crippen molar-refractivity contribution in [2.24, 2.45) is 0 Å². The molecule has 0 radical (unpaired) electrons. The Morgan fingerprint density at radius 1 is 1.05 bits per heavy atom. The number of ether oxygens (including phenoxy) is 2. The molecule has 4 rings (SSSR count). The summed E-state index contributed by atoms with van der Waals surface area (Å²) in [6.07, 6.45) is 6.71. The molecule has 3 heterocycles. The van der Waals surface area contributed by atoms with Crippen molar-refractivity contribution in [3.05, 3.63) is 30.0 Å². The maximum Gasteiger partial charge on any atom is 0.246 e. The van der Waals surface area contributed by atoms with Gasteiger partial charge in [0.05, 0.1) is 0 Å². The molecule has 0 spiro atoms. The number of hydrogen-bond acceptors (Lipinski definition) is 4. The summed E-state index contributed by atoms with van der Waals surface area (Å²) in [5.74, 6) is 2.13. The molecular weight excluding hydrogens is 282 g/mol. The monoisotopic (exact) mass is 299 g/mol. The van der Waals surface area contributed by atoms with Gasteiger partial charge in [0.25, 0.3) is 0 Å². The quantitative estimate of drug-likeness (QED) is 0.799. The second-order valence-electron chi connectivity index (χ2n) is 5.61. The van der Waals surface area contributed by atoms with E-state index in [9.17, 15) is 4.79 Å². The first-order chi connectivity index (χ1) is 10.8. The normalized spacial score (nSPS) is 17.5. The number of amides is 1. The zero-order valence-electron chi connectivity index (χ0n) is 12.2. The Labute approximate surface area is 128 Å². The third kappa shape index (κ3) is 2.43. The second-order valence-corrected chi connectivity index (χ2v) is 5.61. The molecule has 2 aliphatic rings. The lowest BCUT2D eigenvalue weighted by Gasteiger charge is -2.25. The zero-order valence-corrected chi connectivity index (χ0v) is 12.2. The predicted molar refractivity (Wildman–Crippen MR) is 81.8 cm³/mol. The summed E-state index contributed by atoms with van der Waals surface area (Å²) in [4.78, 5) is 14.0. The number of likely N-dealkylation sites (tertiary alicyclic amines) is 1. The Morgan fingerprint density at radius 3 is 2.64 bits per heavy atom. The van der Waals surface area contributed by atoms with Crippen LogP contribution in [-0.2, 0) is 4.79 Å². The Morgan fingerprint density at radius 2 is 1.82 bits per heavy atom. The lowest BCUT2D eigenvalue weighted by atomic mass is 10.1. The first-order valence-corrected chi connectivity index (χ1v) is 7.60. The third-order valence-corrected chi connectivity index (χ3v) is 4.09. The lowest BCUT2D eigenvalue weighted by Crippen LogP contribution is -2.34. The fourth-order valence-corrected chi connectivity index (χ4v) is 2.91. The molecule has 1 aromatic heterocycles. The van der Waals surface area contributed by atoms with Crippen molar-refractivity contribution in [2.45, 2.75) is 19.3 Å². The number of rotatable bonds is 2. The van der Waals surface area contributed by atoms with Gasteiger partial charge >= 0.3 is 0 Å². The minimum atomic E-state index is 0.0503. The number of carbonyl (C=O) groups is 1. The van der Waals surface area contributed by atoms with Crippen molar-refractivity contribution in [1.82, 2.24) is 4.90 Å². The maximum atomic E-state index is 12.1. The van der Waals surface area contributed by atoms with Crippen molar-refractivity contribution in [3.63, 3.8) is 0 Å². The molecule has 1 amide bonds. The van der Waals surface area contributed by atoms with E-state index in [0.717, 1.165) is 42.6 Å². The summed E-state index contributed by atoms with van der Waals surface area (Å²) < 4.78 is 16.4. The van der Waals surface area contributed by atoms with Crippen LogP contribution >= 0.6 is 0 Å². The predicted octanol–water partition coefficient (Wildman–Crippen LogP) is 3.19. The largest absolute Gasteiger partial charge is 0.457 e. The van der Waals surface area contributed by atoms with Crippen molar-refractivity contribution in [2.75, 3.05) is 19.9 Å². The molecule has 0 bridgehead atoms. The Hall–Kier alpha value is -2.43. The average molecular weight is 299 g/mol. The van der Waals surface area contributed by atoms with Gasteiger partial charge < -0.3 is 18.8 Å². The number of carbonyl (C=O) groups excluding carboxylic acids is 1. The molecule has 0 unspecified atom stereocenters. The van der Waals surface area contributed by atoms with Gasteiger partial charge in [-0.05, 0) is 37.5 Å². The average Bonchev–Trinajstić information content (AvgIpc) is 3.16. The van der Waals surface area contributed by atoms with Crippen molar-refractivity contribution in [1.29, 1.82) is 0 Å². The van der Waals surface area contributed by atoms with E-state index in [1.165, 1.54) is 6.42 Å². The third-order valence-electron chi connectivity index (χ3n) is 4.09. The van der Waals surface area contributed by atoms with E-state index in [1.54, 1.807) is 12.2 Å². The van der Waals surface area contributed by atoms with Gasteiger partial charge in [0.15, 0.2) is 11.5 Å². The van der Waals surface area contributed by atoms with Gasteiger partial charge in [-0.2, -0.15) is 0 Å². The van der Waals surface area contributed by atoms with Crippen LogP contribution in [0.4, 0.5) is 0 Å². The molecule has 22 heavy (non-hydrogen) atoms. The number of piperidine rings is 1. The maximum absolute atomic E-state index is 12.1. The van der Waals surface area contributed by atoms with Gasteiger partial charge in [0.1, 0.15) is 11.3 Å². The molecule has 5 nitrogen and oxygen atoms in total. The summed E-state index contributed by atoms with van der Waals surface area (Å²) in [5, 5.41) is 0.939. The van der Waals surface area contributed by atoms with Crippen LogP contribution in [-0.4, -0.2) is 30.7 Å². The van der Waals surface area contributed by atoms with Crippen LogP contribution in [0, 0.1) is 0 Å². The Bertz CT molecular complexity index is 699.